The van der Waals surface area contributed by atoms with Gasteiger partial charge in [-0.1, -0.05) is 23.7 Å². The van der Waals surface area contributed by atoms with Crippen molar-refractivity contribution in [3.05, 3.63) is 57.9 Å². The highest BCUT2D eigenvalue weighted by molar-refractivity contribution is 6.29. The first-order chi connectivity index (χ1) is 8.16. The van der Waals surface area contributed by atoms with Crippen LogP contribution in [0.4, 0.5) is 5.69 Å². The number of para-hydroxylation sites is 2. The smallest absolute Gasteiger partial charge is 0.311 e. The molecule has 0 aliphatic heterocycles. The second-order valence-corrected chi connectivity index (χ2v) is 3.53. The zero-order valence-electron chi connectivity index (χ0n) is 8.54. The van der Waals surface area contributed by atoms with Crippen LogP contribution in [0.25, 0.3) is 0 Å². The zero-order chi connectivity index (χ0) is 12.3. The number of hydrogen-bond acceptors (Lipinski definition) is 4. The number of nitrogens with zero attached hydrogens (tertiary/aromatic N) is 2. The molecule has 0 spiro atoms. The third-order valence-corrected chi connectivity index (χ3v) is 2.19. The van der Waals surface area contributed by atoms with Gasteiger partial charge in [0.05, 0.1) is 4.92 Å². The molecule has 0 aliphatic rings. The van der Waals surface area contributed by atoms with Gasteiger partial charge in [0.2, 0.25) is 5.75 Å². The molecule has 0 N–H and O–H groups in total. The van der Waals surface area contributed by atoms with Crippen molar-refractivity contribution in [2.24, 2.45) is 0 Å². The van der Waals surface area contributed by atoms with Crippen molar-refractivity contribution in [3.63, 3.8) is 0 Å². The molecular weight excluding hydrogens is 244 g/mol. The van der Waals surface area contributed by atoms with Crippen LogP contribution in [0.1, 0.15) is 0 Å². The lowest BCUT2D eigenvalue weighted by Crippen LogP contribution is -1.93. The molecule has 0 saturated carbocycles. The van der Waals surface area contributed by atoms with Crippen molar-refractivity contribution in [2.45, 2.75) is 0 Å². The molecule has 0 amide bonds. The van der Waals surface area contributed by atoms with Gasteiger partial charge in [-0.05, 0) is 12.1 Å². The SMILES string of the molecule is O=[N+]([O-])c1ccccc1Oc1ccnc(Cl)c1. The number of halogens is 1. The molecular formula is C11H7ClN2O3. The van der Waals surface area contributed by atoms with E-state index in [1.54, 1.807) is 18.2 Å². The summed E-state index contributed by atoms with van der Waals surface area (Å²) in [5.41, 5.74) is -0.0968. The number of benzene rings is 1. The highest BCUT2D eigenvalue weighted by Gasteiger charge is 2.14. The van der Waals surface area contributed by atoms with Crippen LogP contribution in [-0.2, 0) is 0 Å². The van der Waals surface area contributed by atoms with E-state index in [1.807, 2.05) is 0 Å². The third kappa shape index (κ3) is 2.70. The zero-order valence-corrected chi connectivity index (χ0v) is 9.29. The number of nitro benzene ring substituents is 1. The minimum absolute atomic E-state index is 0.0968. The van der Waals surface area contributed by atoms with Crippen LogP contribution in [-0.4, -0.2) is 9.91 Å². The minimum Gasteiger partial charge on any atom is -0.450 e. The first-order valence-corrected chi connectivity index (χ1v) is 5.07. The predicted octanol–water partition coefficient (Wildman–Crippen LogP) is 3.44. The fraction of sp³-hybridized carbons (Fsp3) is 0. The second-order valence-electron chi connectivity index (χ2n) is 3.14. The quantitative estimate of drug-likeness (QED) is 0.475. The molecule has 17 heavy (non-hydrogen) atoms. The van der Waals surface area contributed by atoms with Crippen LogP contribution in [0.2, 0.25) is 5.15 Å². The van der Waals surface area contributed by atoms with E-state index in [-0.39, 0.29) is 16.6 Å². The summed E-state index contributed by atoms with van der Waals surface area (Å²) in [5.74, 6) is 0.569. The van der Waals surface area contributed by atoms with Gasteiger partial charge in [0, 0.05) is 18.3 Å². The first kappa shape index (κ1) is 11.3. The fourth-order valence-corrected chi connectivity index (χ4v) is 1.43. The third-order valence-electron chi connectivity index (χ3n) is 1.99. The van der Waals surface area contributed by atoms with Crippen molar-refractivity contribution < 1.29 is 9.66 Å². The van der Waals surface area contributed by atoms with Crippen molar-refractivity contribution in [2.75, 3.05) is 0 Å². The molecule has 86 valence electrons. The molecule has 0 atom stereocenters. The fourth-order valence-electron chi connectivity index (χ4n) is 1.27. The molecule has 1 heterocycles. The Bertz CT molecular complexity index is 560. The lowest BCUT2D eigenvalue weighted by Gasteiger charge is -2.05. The van der Waals surface area contributed by atoms with E-state index in [1.165, 1.54) is 24.4 Å². The van der Waals surface area contributed by atoms with Crippen LogP contribution in [0, 0.1) is 10.1 Å². The Morgan fingerprint density at radius 1 is 1.29 bits per heavy atom. The number of nitro groups is 1. The standard InChI is InChI=1S/C11H7ClN2O3/c12-11-7-8(5-6-13-11)17-10-4-2-1-3-9(10)14(15)16/h1-7H. The average molecular weight is 251 g/mol. The van der Waals surface area contributed by atoms with Crippen molar-refractivity contribution in [1.29, 1.82) is 0 Å². The Hall–Kier alpha value is -2.14. The van der Waals surface area contributed by atoms with Crippen LogP contribution < -0.4 is 4.74 Å². The van der Waals surface area contributed by atoms with Crippen molar-refractivity contribution in [3.8, 4) is 11.5 Å². The maximum atomic E-state index is 10.8. The summed E-state index contributed by atoms with van der Waals surface area (Å²) in [5, 5.41) is 11.0. The molecule has 6 heteroatoms. The number of rotatable bonds is 3. The molecule has 0 aliphatic carbocycles. The van der Waals surface area contributed by atoms with Crippen LogP contribution in [0.15, 0.2) is 42.6 Å². The molecule has 0 bridgehead atoms. The predicted molar refractivity (Wildman–Crippen MR) is 62.4 cm³/mol. The summed E-state index contributed by atoms with van der Waals surface area (Å²) < 4.78 is 5.39. The molecule has 0 fully saturated rings. The largest absolute Gasteiger partial charge is 0.450 e. The molecule has 1 aromatic carbocycles. The topological polar surface area (TPSA) is 65.3 Å². The van der Waals surface area contributed by atoms with Gasteiger partial charge < -0.3 is 4.74 Å². The van der Waals surface area contributed by atoms with Gasteiger partial charge in [0.15, 0.2) is 0 Å². The summed E-state index contributed by atoms with van der Waals surface area (Å²) in [7, 11) is 0. The minimum atomic E-state index is -0.502. The second kappa shape index (κ2) is 4.80. The Morgan fingerprint density at radius 3 is 2.76 bits per heavy atom. The Labute approximate surface area is 102 Å². The van der Waals surface area contributed by atoms with E-state index in [2.05, 4.69) is 4.98 Å². The van der Waals surface area contributed by atoms with Crippen LogP contribution >= 0.6 is 11.6 Å². The van der Waals surface area contributed by atoms with E-state index >= 15 is 0 Å². The highest BCUT2D eigenvalue weighted by Crippen LogP contribution is 2.31. The van der Waals surface area contributed by atoms with Crippen molar-refractivity contribution >= 4 is 17.3 Å². The molecule has 0 saturated heterocycles. The normalized spacial score (nSPS) is 9.94. The van der Waals surface area contributed by atoms with Gasteiger partial charge in [0.25, 0.3) is 0 Å². The van der Waals surface area contributed by atoms with E-state index in [4.69, 9.17) is 16.3 Å². The summed E-state index contributed by atoms with van der Waals surface area (Å²) in [6.07, 6.45) is 1.46. The summed E-state index contributed by atoms with van der Waals surface area (Å²) in [6.45, 7) is 0. The van der Waals surface area contributed by atoms with Gasteiger partial charge >= 0.3 is 5.69 Å². The van der Waals surface area contributed by atoms with E-state index in [9.17, 15) is 10.1 Å². The van der Waals surface area contributed by atoms with Gasteiger partial charge in [-0.25, -0.2) is 4.98 Å². The molecule has 5 nitrogen and oxygen atoms in total. The molecule has 0 unspecified atom stereocenters. The maximum Gasteiger partial charge on any atom is 0.311 e. The number of pyridine rings is 1. The number of ether oxygens (including phenoxy) is 1. The average Bonchev–Trinajstić information content (AvgIpc) is 2.29. The van der Waals surface area contributed by atoms with E-state index in [0.717, 1.165) is 0 Å². The van der Waals surface area contributed by atoms with Gasteiger partial charge in [0.1, 0.15) is 10.9 Å². The molecule has 2 aromatic rings. The lowest BCUT2D eigenvalue weighted by atomic mass is 10.3. The number of aromatic nitrogens is 1. The lowest BCUT2D eigenvalue weighted by molar-refractivity contribution is -0.385. The van der Waals surface area contributed by atoms with Gasteiger partial charge in [-0.15, -0.1) is 0 Å². The van der Waals surface area contributed by atoms with Crippen molar-refractivity contribution in [1.82, 2.24) is 4.98 Å². The van der Waals surface area contributed by atoms with Crippen LogP contribution in [0.5, 0.6) is 11.5 Å². The summed E-state index contributed by atoms with van der Waals surface area (Å²) in [6, 6.07) is 9.18. The Kier molecular flexibility index (Phi) is 3.20. The molecule has 2 rings (SSSR count). The highest BCUT2D eigenvalue weighted by atomic mass is 35.5. The molecule has 1 aromatic heterocycles. The van der Waals surface area contributed by atoms with Gasteiger partial charge in [-0.3, -0.25) is 10.1 Å². The van der Waals surface area contributed by atoms with Gasteiger partial charge in [-0.2, -0.15) is 0 Å². The Balaban J connectivity index is 2.33. The monoisotopic (exact) mass is 250 g/mol. The van der Waals surface area contributed by atoms with E-state index in [0.29, 0.717) is 5.75 Å². The molecule has 0 radical (unpaired) electrons. The first-order valence-electron chi connectivity index (χ1n) is 4.69. The maximum absolute atomic E-state index is 10.8. The Morgan fingerprint density at radius 2 is 2.06 bits per heavy atom. The van der Waals surface area contributed by atoms with Crippen LogP contribution in [0.3, 0.4) is 0 Å². The number of hydrogen-bond donors (Lipinski definition) is 0. The van der Waals surface area contributed by atoms with E-state index < -0.39 is 4.92 Å². The summed E-state index contributed by atoms with van der Waals surface area (Å²) in [4.78, 5) is 14.1. The summed E-state index contributed by atoms with van der Waals surface area (Å²) >= 11 is 5.69.